The highest BCUT2D eigenvalue weighted by atomic mass is 16.2. The van der Waals surface area contributed by atoms with Crippen LogP contribution in [-0.4, -0.2) is 88.1 Å². The van der Waals surface area contributed by atoms with Crippen molar-refractivity contribution in [3.63, 3.8) is 0 Å². The fourth-order valence-corrected chi connectivity index (χ4v) is 7.50. The Hall–Kier alpha value is -1.71. The lowest BCUT2D eigenvalue weighted by Crippen LogP contribution is -2.37. The molecule has 0 heterocycles. The van der Waals surface area contributed by atoms with Gasteiger partial charge in [-0.3, -0.25) is 14.4 Å². The molecule has 344 valence electrons. The second-order valence-corrected chi connectivity index (χ2v) is 17.2. The second kappa shape index (κ2) is 48.0. The average molecular weight is 821 g/mol. The molecule has 0 aliphatic carbocycles. The molecule has 0 saturated carbocycles. The highest BCUT2D eigenvalue weighted by Crippen LogP contribution is 2.11. The maximum atomic E-state index is 12.7. The van der Waals surface area contributed by atoms with Crippen LogP contribution in [0.1, 0.15) is 233 Å². The molecule has 0 radical (unpaired) electrons. The molecule has 9 nitrogen and oxygen atoms in total. The highest BCUT2D eigenvalue weighted by Gasteiger charge is 2.09. The van der Waals surface area contributed by atoms with Gasteiger partial charge < -0.3 is 31.5 Å². The van der Waals surface area contributed by atoms with Gasteiger partial charge in [-0.2, -0.15) is 0 Å². The number of nitrogens with one attached hydrogen (secondary N) is 5. The van der Waals surface area contributed by atoms with Gasteiger partial charge in [0, 0.05) is 71.6 Å². The van der Waals surface area contributed by atoms with Gasteiger partial charge in [0.2, 0.25) is 17.7 Å². The van der Waals surface area contributed by atoms with Gasteiger partial charge >= 0.3 is 0 Å². The molecule has 0 spiro atoms. The zero-order valence-electron chi connectivity index (χ0n) is 39.1. The molecule has 9 heteroatoms. The van der Waals surface area contributed by atoms with E-state index in [1.807, 2.05) is 0 Å². The van der Waals surface area contributed by atoms with Crippen molar-refractivity contribution in [3.05, 3.63) is 0 Å². The van der Waals surface area contributed by atoms with Crippen molar-refractivity contribution in [2.75, 3.05) is 65.4 Å². The molecule has 0 saturated heterocycles. The lowest BCUT2D eigenvalue weighted by atomic mass is 10.1. The van der Waals surface area contributed by atoms with E-state index < -0.39 is 0 Å². The lowest BCUT2D eigenvalue weighted by Gasteiger charge is -2.22. The zero-order chi connectivity index (χ0) is 42.3. The van der Waals surface area contributed by atoms with Gasteiger partial charge in [0.05, 0.1) is 0 Å². The summed E-state index contributed by atoms with van der Waals surface area (Å²) >= 11 is 0. The summed E-state index contributed by atoms with van der Waals surface area (Å²) in [5.41, 5.74) is 0. The summed E-state index contributed by atoms with van der Waals surface area (Å²) in [6.45, 7) is 14.9. The number of hydrogen-bond donors (Lipinski definition) is 5. The Balaban J connectivity index is 4.20. The third-order valence-corrected chi connectivity index (χ3v) is 11.5. The number of nitrogens with zero attached hydrogens (tertiary/aromatic N) is 1. The van der Waals surface area contributed by atoms with Crippen LogP contribution in [-0.2, 0) is 14.4 Å². The van der Waals surface area contributed by atoms with Gasteiger partial charge in [0.1, 0.15) is 0 Å². The maximum absolute atomic E-state index is 12.7. The van der Waals surface area contributed by atoms with Crippen LogP contribution in [0, 0.1) is 0 Å². The Morgan fingerprint density at radius 3 is 1.00 bits per heavy atom. The minimum atomic E-state index is 0.135. The third-order valence-electron chi connectivity index (χ3n) is 11.5. The van der Waals surface area contributed by atoms with Crippen molar-refractivity contribution in [2.24, 2.45) is 0 Å². The first kappa shape index (κ1) is 56.3. The lowest BCUT2D eigenvalue weighted by molar-refractivity contribution is -0.122. The Kier molecular flexibility index (Phi) is 46.5. The first-order valence-corrected chi connectivity index (χ1v) is 25.5. The van der Waals surface area contributed by atoms with Crippen LogP contribution in [0.4, 0.5) is 0 Å². The number of carbonyl (C=O) groups excluding carboxylic acids is 3. The first-order valence-electron chi connectivity index (χ1n) is 25.5. The largest absolute Gasteiger partial charge is 0.356 e. The summed E-state index contributed by atoms with van der Waals surface area (Å²) in [6.07, 6.45) is 39.8. The van der Waals surface area contributed by atoms with E-state index in [0.717, 1.165) is 97.4 Å². The SMILES string of the molecule is CCCCCCCCCCCNC(=O)CCNCCCCCN(CCNCCC(=O)NCCCCCCCCCCC)CCC(=O)NCCCCCCCCCCC. The number of hydrogen-bond acceptors (Lipinski definition) is 6. The normalized spacial score (nSPS) is 11.4. The second-order valence-electron chi connectivity index (χ2n) is 17.2. The Labute approximate surface area is 360 Å². The van der Waals surface area contributed by atoms with E-state index in [1.165, 1.54) is 154 Å². The topological polar surface area (TPSA) is 115 Å². The molecule has 0 aliphatic rings. The van der Waals surface area contributed by atoms with Crippen molar-refractivity contribution >= 4 is 17.7 Å². The van der Waals surface area contributed by atoms with E-state index in [9.17, 15) is 14.4 Å². The molecule has 0 unspecified atom stereocenters. The number of amides is 3. The minimum absolute atomic E-state index is 0.135. The smallest absolute Gasteiger partial charge is 0.221 e. The fraction of sp³-hybridized carbons (Fsp3) is 0.939. The quantitative estimate of drug-likeness (QED) is 0.0391. The molecular weight excluding hydrogens is 721 g/mol. The molecule has 0 rings (SSSR count). The van der Waals surface area contributed by atoms with Crippen LogP contribution in [0.25, 0.3) is 0 Å². The van der Waals surface area contributed by atoms with Gasteiger partial charge in [0.25, 0.3) is 0 Å². The summed E-state index contributed by atoms with van der Waals surface area (Å²) in [6, 6.07) is 0. The first-order chi connectivity index (χ1) is 28.5. The van der Waals surface area contributed by atoms with E-state index >= 15 is 0 Å². The third kappa shape index (κ3) is 45.4. The van der Waals surface area contributed by atoms with Gasteiger partial charge in [-0.1, -0.05) is 181 Å². The molecule has 0 aromatic rings. The fourth-order valence-electron chi connectivity index (χ4n) is 7.50. The maximum Gasteiger partial charge on any atom is 0.221 e. The number of carbonyl (C=O) groups is 3. The van der Waals surface area contributed by atoms with Crippen molar-refractivity contribution in [1.82, 2.24) is 31.5 Å². The van der Waals surface area contributed by atoms with E-state index in [1.54, 1.807) is 0 Å². The van der Waals surface area contributed by atoms with Gasteiger partial charge in [-0.05, 0) is 45.2 Å². The highest BCUT2D eigenvalue weighted by molar-refractivity contribution is 5.76. The Morgan fingerprint density at radius 1 is 0.293 bits per heavy atom. The summed E-state index contributed by atoms with van der Waals surface area (Å²) < 4.78 is 0. The zero-order valence-corrected chi connectivity index (χ0v) is 39.1. The van der Waals surface area contributed by atoms with E-state index in [0.29, 0.717) is 25.8 Å². The van der Waals surface area contributed by atoms with Crippen molar-refractivity contribution in [1.29, 1.82) is 0 Å². The van der Waals surface area contributed by atoms with Crippen LogP contribution in [0.3, 0.4) is 0 Å². The van der Waals surface area contributed by atoms with Gasteiger partial charge in [-0.25, -0.2) is 0 Å². The van der Waals surface area contributed by atoms with E-state index in [-0.39, 0.29) is 17.7 Å². The van der Waals surface area contributed by atoms with Crippen molar-refractivity contribution < 1.29 is 14.4 Å². The molecule has 0 aromatic heterocycles. The molecule has 0 atom stereocenters. The standard InChI is InChI=1S/C49H100N6O3/c1-4-7-10-13-16-19-22-25-30-38-52-47(56)34-41-50-37-29-28-33-44-55(45-36-49(58)54-40-32-27-24-21-18-15-12-9-6-3)46-43-51-42-35-48(57)53-39-31-26-23-20-17-14-11-8-5-2/h50-51H,4-46H2,1-3H3,(H,52,56)(H,53,57)(H,54,58). The number of rotatable bonds is 48. The predicted molar refractivity (Wildman–Crippen MR) is 251 cm³/mol. The Morgan fingerprint density at radius 2 is 0.603 bits per heavy atom. The van der Waals surface area contributed by atoms with Crippen LogP contribution in [0.5, 0.6) is 0 Å². The summed E-state index contributed by atoms with van der Waals surface area (Å²) in [5, 5.41) is 16.3. The molecule has 0 bridgehead atoms. The molecule has 0 aliphatic heterocycles. The molecule has 0 aromatic carbocycles. The minimum Gasteiger partial charge on any atom is -0.356 e. The predicted octanol–water partition coefficient (Wildman–Crippen LogP) is 10.7. The van der Waals surface area contributed by atoms with E-state index in [2.05, 4.69) is 52.3 Å². The molecule has 3 amide bonds. The summed E-state index contributed by atoms with van der Waals surface area (Å²) in [4.78, 5) is 39.6. The molecular formula is C49H100N6O3. The van der Waals surface area contributed by atoms with Crippen LogP contribution in [0.2, 0.25) is 0 Å². The summed E-state index contributed by atoms with van der Waals surface area (Å²) in [7, 11) is 0. The average Bonchev–Trinajstić information content (AvgIpc) is 3.22. The monoisotopic (exact) mass is 821 g/mol. The van der Waals surface area contributed by atoms with Gasteiger partial charge in [0.15, 0.2) is 0 Å². The van der Waals surface area contributed by atoms with Gasteiger partial charge in [-0.15, -0.1) is 0 Å². The molecule has 0 fully saturated rings. The molecule has 58 heavy (non-hydrogen) atoms. The van der Waals surface area contributed by atoms with E-state index in [4.69, 9.17) is 0 Å². The Bertz CT molecular complexity index is 875. The van der Waals surface area contributed by atoms with Crippen LogP contribution < -0.4 is 26.6 Å². The number of unbranched alkanes of at least 4 members (excludes halogenated alkanes) is 26. The van der Waals surface area contributed by atoms with Crippen LogP contribution in [0.15, 0.2) is 0 Å². The van der Waals surface area contributed by atoms with Crippen molar-refractivity contribution in [3.8, 4) is 0 Å². The molecule has 5 N–H and O–H groups in total. The van der Waals surface area contributed by atoms with Crippen LogP contribution >= 0.6 is 0 Å². The van der Waals surface area contributed by atoms with Crippen molar-refractivity contribution in [2.45, 2.75) is 233 Å². The summed E-state index contributed by atoms with van der Waals surface area (Å²) in [5.74, 6) is 0.446.